The number of furan rings is 1. The second-order valence-electron chi connectivity index (χ2n) is 6.46. The molecule has 32 heavy (non-hydrogen) atoms. The second-order valence-corrected chi connectivity index (χ2v) is 7.84. The highest BCUT2D eigenvalue weighted by molar-refractivity contribution is 7.99. The molecule has 2 aromatic carbocycles. The van der Waals surface area contributed by atoms with Gasteiger partial charge in [0.05, 0.1) is 12.0 Å². The molecule has 0 unspecified atom stereocenters. The molecule has 0 aliphatic carbocycles. The summed E-state index contributed by atoms with van der Waals surface area (Å²) in [7, 11) is 0. The summed E-state index contributed by atoms with van der Waals surface area (Å²) in [5.74, 6) is 1.25. The summed E-state index contributed by atoms with van der Waals surface area (Å²) in [5.41, 5.74) is 4.26. The minimum atomic E-state index is -0.260. The molecule has 0 fully saturated rings. The lowest BCUT2D eigenvalue weighted by atomic mass is 10.2. The van der Waals surface area contributed by atoms with Gasteiger partial charge in [-0.2, -0.15) is 5.10 Å². The van der Waals surface area contributed by atoms with Gasteiger partial charge in [-0.15, -0.1) is 10.2 Å². The Morgan fingerprint density at radius 3 is 2.66 bits per heavy atom. The summed E-state index contributed by atoms with van der Waals surface area (Å²) in [6.07, 6.45) is 6.48. The Morgan fingerprint density at radius 2 is 1.91 bits per heavy atom. The van der Waals surface area contributed by atoms with Crippen molar-refractivity contribution in [1.29, 1.82) is 0 Å². The third-order valence-electron chi connectivity index (χ3n) is 4.24. The molecule has 4 rings (SSSR count). The quantitative estimate of drug-likeness (QED) is 0.223. The number of nitrogens with zero attached hydrogens (tertiary/aromatic N) is 4. The van der Waals surface area contributed by atoms with Crippen molar-refractivity contribution in [3.05, 3.63) is 89.9 Å². The zero-order valence-corrected chi connectivity index (χ0v) is 18.3. The normalized spacial score (nSPS) is 11.4. The van der Waals surface area contributed by atoms with Crippen LogP contribution in [-0.2, 0) is 4.79 Å². The van der Waals surface area contributed by atoms with Gasteiger partial charge in [0.25, 0.3) is 5.91 Å². The molecule has 4 aromatic rings. The molecule has 7 nitrogen and oxygen atoms in total. The van der Waals surface area contributed by atoms with Crippen molar-refractivity contribution in [1.82, 2.24) is 20.2 Å². The first-order chi connectivity index (χ1) is 15.7. The lowest BCUT2D eigenvalue weighted by Gasteiger charge is -2.10. The van der Waals surface area contributed by atoms with Crippen molar-refractivity contribution in [3.63, 3.8) is 0 Å². The van der Waals surface area contributed by atoms with Crippen LogP contribution in [0.1, 0.15) is 5.76 Å². The summed E-state index contributed by atoms with van der Waals surface area (Å²) in [6, 6.07) is 20.7. The van der Waals surface area contributed by atoms with E-state index >= 15 is 0 Å². The molecule has 0 aliphatic heterocycles. The lowest BCUT2D eigenvalue weighted by molar-refractivity contribution is -0.118. The van der Waals surface area contributed by atoms with Crippen LogP contribution in [0.15, 0.2) is 93.7 Å². The van der Waals surface area contributed by atoms with Crippen LogP contribution in [0.5, 0.6) is 0 Å². The van der Waals surface area contributed by atoms with Gasteiger partial charge in [-0.25, -0.2) is 5.43 Å². The SMILES string of the molecule is O=C(CSc1nnc(-c2ccccc2)n1-c1ccc(Cl)cc1)NN=CC=Cc1ccco1. The molecule has 0 saturated heterocycles. The number of allylic oxidation sites excluding steroid dienone is 1. The van der Waals surface area contributed by atoms with Crippen LogP contribution < -0.4 is 5.43 Å². The minimum Gasteiger partial charge on any atom is -0.465 e. The Labute approximate surface area is 193 Å². The monoisotopic (exact) mass is 463 g/mol. The summed E-state index contributed by atoms with van der Waals surface area (Å²) in [4.78, 5) is 12.2. The van der Waals surface area contributed by atoms with Crippen LogP contribution in [0.2, 0.25) is 5.02 Å². The van der Waals surface area contributed by atoms with E-state index in [1.807, 2.05) is 53.1 Å². The third-order valence-corrected chi connectivity index (χ3v) is 5.42. The van der Waals surface area contributed by atoms with E-state index in [0.717, 1.165) is 11.3 Å². The van der Waals surface area contributed by atoms with Crippen LogP contribution >= 0.6 is 23.4 Å². The van der Waals surface area contributed by atoms with Crippen molar-refractivity contribution in [3.8, 4) is 17.1 Å². The molecule has 2 aromatic heterocycles. The number of hydrogen-bond acceptors (Lipinski definition) is 6. The van der Waals surface area contributed by atoms with Crippen molar-refractivity contribution < 1.29 is 9.21 Å². The molecular weight excluding hydrogens is 446 g/mol. The summed E-state index contributed by atoms with van der Waals surface area (Å²) in [6.45, 7) is 0. The second kappa shape index (κ2) is 10.6. The third kappa shape index (κ3) is 5.54. The maximum Gasteiger partial charge on any atom is 0.250 e. The van der Waals surface area contributed by atoms with Gasteiger partial charge in [-0.05, 0) is 48.6 Å². The predicted molar refractivity (Wildman–Crippen MR) is 127 cm³/mol. The molecule has 0 spiro atoms. The fraction of sp³-hybridized carbons (Fsp3) is 0.0435. The van der Waals surface area contributed by atoms with E-state index in [4.69, 9.17) is 16.0 Å². The van der Waals surface area contributed by atoms with Gasteiger partial charge in [-0.1, -0.05) is 53.7 Å². The molecular formula is C23H18ClN5O2S. The van der Waals surface area contributed by atoms with Gasteiger partial charge in [0, 0.05) is 22.5 Å². The highest BCUT2D eigenvalue weighted by Gasteiger charge is 2.17. The van der Waals surface area contributed by atoms with Crippen molar-refractivity contribution in [2.75, 3.05) is 5.75 Å². The van der Waals surface area contributed by atoms with Crippen molar-refractivity contribution in [2.45, 2.75) is 5.16 Å². The first-order valence-corrected chi connectivity index (χ1v) is 11.0. The minimum absolute atomic E-state index is 0.125. The standard InChI is InChI=1S/C23H18ClN5O2S/c24-18-10-12-19(13-11-18)29-22(17-6-2-1-3-7-17)27-28-23(29)32-16-21(30)26-25-14-4-8-20-9-5-15-31-20/h1-15H,16H2,(H,26,30). The van der Waals surface area contributed by atoms with Crippen LogP contribution in [0.4, 0.5) is 0 Å². The van der Waals surface area contributed by atoms with Crippen LogP contribution in [-0.4, -0.2) is 32.6 Å². The van der Waals surface area contributed by atoms with Gasteiger partial charge in [0.1, 0.15) is 5.76 Å². The summed E-state index contributed by atoms with van der Waals surface area (Å²) in [5, 5.41) is 13.8. The number of aromatic nitrogens is 3. The molecule has 160 valence electrons. The summed E-state index contributed by atoms with van der Waals surface area (Å²) < 4.78 is 7.08. The van der Waals surface area contributed by atoms with Gasteiger partial charge in [0.2, 0.25) is 0 Å². The number of hydrogen-bond donors (Lipinski definition) is 1. The van der Waals surface area contributed by atoms with Gasteiger partial charge >= 0.3 is 0 Å². The van der Waals surface area contributed by atoms with E-state index in [2.05, 4.69) is 20.7 Å². The van der Waals surface area contributed by atoms with Crippen LogP contribution in [0.25, 0.3) is 23.2 Å². The van der Waals surface area contributed by atoms with Crippen molar-refractivity contribution in [2.24, 2.45) is 5.10 Å². The lowest BCUT2D eigenvalue weighted by Crippen LogP contribution is -2.19. The molecule has 0 saturated carbocycles. The summed E-state index contributed by atoms with van der Waals surface area (Å²) >= 11 is 7.32. The van der Waals surface area contributed by atoms with E-state index in [-0.39, 0.29) is 11.7 Å². The number of amides is 1. The van der Waals surface area contributed by atoms with Crippen LogP contribution in [0, 0.1) is 0 Å². The molecule has 1 amide bonds. The van der Waals surface area contributed by atoms with E-state index < -0.39 is 0 Å². The van der Waals surface area contributed by atoms with E-state index in [0.29, 0.717) is 21.8 Å². The Balaban J connectivity index is 1.45. The Kier molecular flexibility index (Phi) is 7.16. The largest absolute Gasteiger partial charge is 0.465 e. The maximum absolute atomic E-state index is 12.2. The number of carbonyl (C=O) groups excluding carboxylic acids is 1. The highest BCUT2D eigenvalue weighted by atomic mass is 35.5. The number of halogens is 1. The Morgan fingerprint density at radius 1 is 1.09 bits per heavy atom. The first-order valence-electron chi connectivity index (χ1n) is 9.62. The molecule has 0 atom stereocenters. The number of thioether (sulfide) groups is 1. The number of rotatable bonds is 8. The van der Waals surface area contributed by atoms with Crippen molar-refractivity contribution >= 4 is 41.6 Å². The molecule has 0 radical (unpaired) electrons. The fourth-order valence-corrected chi connectivity index (χ4v) is 3.67. The number of hydrazone groups is 1. The molecule has 9 heteroatoms. The van der Waals surface area contributed by atoms with Gasteiger partial charge in [0.15, 0.2) is 11.0 Å². The number of nitrogens with one attached hydrogen (secondary N) is 1. The van der Waals surface area contributed by atoms with Gasteiger partial charge < -0.3 is 4.42 Å². The topological polar surface area (TPSA) is 85.3 Å². The average molecular weight is 464 g/mol. The smallest absolute Gasteiger partial charge is 0.250 e. The first kappa shape index (κ1) is 21.6. The molecule has 0 bridgehead atoms. The average Bonchev–Trinajstić information content (AvgIpc) is 3.49. The Hall–Kier alpha value is -3.62. The zero-order chi connectivity index (χ0) is 22.2. The molecule has 1 N–H and O–H groups in total. The highest BCUT2D eigenvalue weighted by Crippen LogP contribution is 2.28. The zero-order valence-electron chi connectivity index (χ0n) is 16.8. The molecule has 0 aliphatic rings. The Bertz CT molecular complexity index is 1220. The number of carbonyl (C=O) groups is 1. The number of benzene rings is 2. The van der Waals surface area contributed by atoms with Crippen LogP contribution in [0.3, 0.4) is 0 Å². The fourth-order valence-electron chi connectivity index (χ4n) is 2.80. The molecule has 2 heterocycles. The van der Waals surface area contributed by atoms with E-state index in [1.165, 1.54) is 18.0 Å². The van der Waals surface area contributed by atoms with E-state index in [1.54, 1.807) is 36.6 Å². The maximum atomic E-state index is 12.2. The predicted octanol–water partition coefficient (Wildman–Crippen LogP) is 5.09. The van der Waals surface area contributed by atoms with E-state index in [9.17, 15) is 4.79 Å². The van der Waals surface area contributed by atoms with Gasteiger partial charge in [-0.3, -0.25) is 9.36 Å².